The second-order valence-electron chi connectivity index (χ2n) is 6.51. The van der Waals surface area contributed by atoms with Gasteiger partial charge in [0.05, 0.1) is 11.3 Å². The Hall–Kier alpha value is -1.31. The molecule has 1 aliphatic heterocycles. The van der Waals surface area contributed by atoms with Crippen LogP contribution < -0.4 is 11.1 Å². The lowest BCUT2D eigenvalue weighted by molar-refractivity contribution is -0.198. The predicted octanol–water partition coefficient (Wildman–Crippen LogP) is 1.75. The largest absolute Gasteiger partial charge is 0.392 e. The van der Waals surface area contributed by atoms with Crippen molar-refractivity contribution in [2.24, 2.45) is 23.0 Å². The first-order valence-corrected chi connectivity index (χ1v) is 7.98. The third kappa shape index (κ3) is 4.16. The van der Waals surface area contributed by atoms with E-state index in [1.54, 1.807) is 0 Å². The predicted molar refractivity (Wildman–Crippen MR) is 76.2 cm³/mol. The molecule has 0 aromatic carbocycles. The third-order valence-corrected chi connectivity index (χ3v) is 5.10. The number of hydrogen-bond donors (Lipinski definition) is 2. The zero-order valence-corrected chi connectivity index (χ0v) is 13.0. The molecule has 2 aliphatic rings. The fourth-order valence-corrected chi connectivity index (χ4v) is 3.50. The Morgan fingerprint density at radius 2 is 1.78 bits per heavy atom. The van der Waals surface area contributed by atoms with E-state index < -0.39 is 35.2 Å². The molecular weight excluding hydrogens is 313 g/mol. The molecule has 23 heavy (non-hydrogen) atoms. The number of rotatable bonds is 4. The van der Waals surface area contributed by atoms with Crippen molar-refractivity contribution in [1.29, 1.82) is 0 Å². The van der Waals surface area contributed by atoms with Crippen molar-refractivity contribution in [2.45, 2.75) is 44.7 Å². The minimum Gasteiger partial charge on any atom is -0.381 e. The highest BCUT2D eigenvalue weighted by atomic mass is 19.4. The van der Waals surface area contributed by atoms with E-state index in [4.69, 9.17) is 10.5 Å². The molecule has 0 spiro atoms. The van der Waals surface area contributed by atoms with Crippen molar-refractivity contribution in [1.82, 2.24) is 5.32 Å². The molecule has 2 atom stereocenters. The van der Waals surface area contributed by atoms with Crippen molar-refractivity contribution >= 4 is 11.8 Å². The highest BCUT2D eigenvalue weighted by molar-refractivity contribution is 5.83. The van der Waals surface area contributed by atoms with Crippen LogP contribution in [0, 0.1) is 17.3 Å². The molecule has 0 bridgehead atoms. The zero-order chi connectivity index (χ0) is 17.1. The second kappa shape index (κ2) is 7.07. The number of hydrogen-bond acceptors (Lipinski definition) is 3. The monoisotopic (exact) mass is 336 g/mol. The van der Waals surface area contributed by atoms with Gasteiger partial charge in [-0.05, 0) is 25.7 Å². The van der Waals surface area contributed by atoms with Crippen molar-refractivity contribution in [3.63, 3.8) is 0 Å². The normalized spacial score (nSPS) is 28.1. The summed E-state index contributed by atoms with van der Waals surface area (Å²) in [4.78, 5) is 24.0. The van der Waals surface area contributed by atoms with E-state index in [1.807, 2.05) is 0 Å². The lowest BCUT2D eigenvalue weighted by Crippen LogP contribution is -2.51. The van der Waals surface area contributed by atoms with Gasteiger partial charge in [-0.25, -0.2) is 0 Å². The topological polar surface area (TPSA) is 81.4 Å². The molecule has 1 saturated heterocycles. The second-order valence-corrected chi connectivity index (χ2v) is 6.51. The summed E-state index contributed by atoms with van der Waals surface area (Å²) in [6.07, 6.45) is -2.33. The quantitative estimate of drug-likeness (QED) is 0.821. The molecule has 0 aromatic heterocycles. The molecule has 1 aliphatic carbocycles. The number of amides is 2. The number of ether oxygens (including phenoxy) is 1. The minimum absolute atomic E-state index is 0.0175. The lowest BCUT2D eigenvalue weighted by atomic mass is 9.77. The lowest BCUT2D eigenvalue weighted by Gasteiger charge is -2.36. The Bertz CT molecular complexity index is 448. The van der Waals surface area contributed by atoms with Gasteiger partial charge in [-0.2, -0.15) is 13.2 Å². The smallest absolute Gasteiger partial charge is 0.381 e. The first kappa shape index (κ1) is 18.0. The summed E-state index contributed by atoms with van der Waals surface area (Å²) in [6, 6.07) is 0. The van der Waals surface area contributed by atoms with Gasteiger partial charge in [-0.15, -0.1) is 0 Å². The summed E-state index contributed by atoms with van der Waals surface area (Å²) in [5.74, 6) is -3.85. The Balaban J connectivity index is 2.01. The molecule has 1 heterocycles. The molecule has 2 fully saturated rings. The minimum atomic E-state index is -4.37. The molecule has 0 radical (unpaired) electrons. The number of carbonyl (C=O) groups excluding carboxylic acids is 2. The molecule has 3 N–H and O–H groups in total. The molecule has 132 valence electrons. The molecule has 0 aromatic rings. The van der Waals surface area contributed by atoms with Gasteiger partial charge in [-0.1, -0.05) is 12.8 Å². The van der Waals surface area contributed by atoms with E-state index in [9.17, 15) is 22.8 Å². The molecule has 2 amide bonds. The maximum atomic E-state index is 13.1. The van der Waals surface area contributed by atoms with Gasteiger partial charge in [0.2, 0.25) is 11.8 Å². The van der Waals surface area contributed by atoms with Crippen LogP contribution in [0.1, 0.15) is 38.5 Å². The van der Waals surface area contributed by atoms with E-state index in [2.05, 4.69) is 5.32 Å². The maximum absolute atomic E-state index is 13.1. The summed E-state index contributed by atoms with van der Waals surface area (Å²) in [5, 5.41) is 2.55. The van der Waals surface area contributed by atoms with Gasteiger partial charge < -0.3 is 15.8 Å². The highest BCUT2D eigenvalue weighted by Gasteiger charge is 2.48. The third-order valence-electron chi connectivity index (χ3n) is 5.10. The summed E-state index contributed by atoms with van der Waals surface area (Å²) >= 11 is 0. The van der Waals surface area contributed by atoms with Gasteiger partial charge in [0.15, 0.2) is 0 Å². The zero-order valence-electron chi connectivity index (χ0n) is 13.0. The first-order valence-electron chi connectivity index (χ1n) is 7.98. The highest BCUT2D eigenvalue weighted by Crippen LogP contribution is 2.41. The number of carbonyl (C=O) groups is 2. The van der Waals surface area contributed by atoms with Crippen LogP contribution in [0.15, 0.2) is 0 Å². The van der Waals surface area contributed by atoms with Gasteiger partial charge in [0, 0.05) is 25.7 Å². The van der Waals surface area contributed by atoms with Gasteiger partial charge >= 0.3 is 6.18 Å². The Morgan fingerprint density at radius 3 is 2.35 bits per heavy atom. The summed E-state index contributed by atoms with van der Waals surface area (Å²) in [6.45, 7) is 0.687. The van der Waals surface area contributed by atoms with E-state index in [0.29, 0.717) is 38.9 Å². The number of alkyl halides is 3. The average molecular weight is 336 g/mol. The van der Waals surface area contributed by atoms with Crippen LogP contribution in [0.4, 0.5) is 13.2 Å². The van der Waals surface area contributed by atoms with Crippen LogP contribution in [-0.4, -0.2) is 37.7 Å². The standard InChI is InChI=1S/C15H23F3N2O3/c16-15(17,18)11-4-2-1-3-10(11)12(21)20-9-14(13(19)22)5-7-23-8-6-14/h10-11H,1-9H2,(H2,19,22)(H,20,21)/t10-,11+/m0/s1. The van der Waals surface area contributed by atoms with Crippen molar-refractivity contribution in [3.8, 4) is 0 Å². The van der Waals surface area contributed by atoms with E-state index in [0.717, 1.165) is 0 Å². The fourth-order valence-electron chi connectivity index (χ4n) is 3.50. The Morgan fingerprint density at radius 1 is 1.17 bits per heavy atom. The molecule has 5 nitrogen and oxygen atoms in total. The van der Waals surface area contributed by atoms with Crippen molar-refractivity contribution < 1.29 is 27.5 Å². The number of nitrogens with two attached hydrogens (primary N) is 1. The molecular formula is C15H23F3N2O3. The summed E-state index contributed by atoms with van der Waals surface area (Å²) in [7, 11) is 0. The number of primary amides is 1. The van der Waals surface area contributed by atoms with Gasteiger partial charge in [-0.3, -0.25) is 9.59 Å². The van der Waals surface area contributed by atoms with Gasteiger partial charge in [0.25, 0.3) is 0 Å². The number of nitrogens with one attached hydrogen (secondary N) is 1. The molecule has 1 saturated carbocycles. The Labute approximate surface area is 133 Å². The van der Waals surface area contributed by atoms with Crippen LogP contribution in [0.5, 0.6) is 0 Å². The molecule has 0 unspecified atom stereocenters. The molecule has 2 rings (SSSR count). The average Bonchev–Trinajstić information content (AvgIpc) is 2.52. The maximum Gasteiger partial charge on any atom is 0.392 e. The first-order chi connectivity index (χ1) is 10.8. The SMILES string of the molecule is NC(=O)C1(CNC(=O)[C@H]2CCCC[C@H]2C(F)(F)F)CCOCC1. The van der Waals surface area contributed by atoms with Crippen LogP contribution in [0.2, 0.25) is 0 Å². The Kier molecular flexibility index (Phi) is 5.54. The van der Waals surface area contributed by atoms with E-state index in [-0.39, 0.29) is 19.4 Å². The van der Waals surface area contributed by atoms with Gasteiger partial charge in [0.1, 0.15) is 0 Å². The summed E-state index contributed by atoms with van der Waals surface area (Å²) < 4.78 is 44.4. The van der Waals surface area contributed by atoms with Crippen LogP contribution in [-0.2, 0) is 14.3 Å². The number of halogens is 3. The van der Waals surface area contributed by atoms with Crippen molar-refractivity contribution in [2.75, 3.05) is 19.8 Å². The van der Waals surface area contributed by atoms with Crippen molar-refractivity contribution in [3.05, 3.63) is 0 Å². The van der Waals surface area contributed by atoms with Crippen LogP contribution in [0.25, 0.3) is 0 Å². The fraction of sp³-hybridized carbons (Fsp3) is 0.867. The van der Waals surface area contributed by atoms with Crippen LogP contribution in [0.3, 0.4) is 0 Å². The van der Waals surface area contributed by atoms with E-state index >= 15 is 0 Å². The summed E-state index contributed by atoms with van der Waals surface area (Å²) in [5.41, 5.74) is 4.52. The van der Waals surface area contributed by atoms with Crippen LogP contribution >= 0.6 is 0 Å². The molecule has 8 heteroatoms. The van der Waals surface area contributed by atoms with E-state index in [1.165, 1.54) is 0 Å².